The molecule has 0 bridgehead atoms. The van der Waals surface area contributed by atoms with Crippen LogP contribution < -0.4 is 11.5 Å². The summed E-state index contributed by atoms with van der Waals surface area (Å²) in [6.45, 7) is -0.744. The van der Waals surface area contributed by atoms with E-state index in [9.17, 15) is 9.59 Å². The molecule has 8 heteroatoms. The van der Waals surface area contributed by atoms with E-state index in [1.165, 1.54) is 0 Å². The smallest absolute Gasteiger partial charge is 0.231 e. The molecule has 1 amide bonds. The number of aliphatic hydroxyl groups is 4. The summed E-state index contributed by atoms with van der Waals surface area (Å²) in [5.74, 6) is -0.468. The second kappa shape index (κ2) is 9.49. The van der Waals surface area contributed by atoms with E-state index in [1.54, 1.807) is 0 Å². The Hall–Kier alpha value is -1.06. The molecule has 0 fully saturated rings. The normalized spacial score (nSPS) is 15.5. The molecule has 0 aromatic rings. The second-order valence-electron chi connectivity index (χ2n) is 2.54. The molecule has 0 aromatic heterocycles. The van der Waals surface area contributed by atoms with E-state index in [0.29, 0.717) is 0 Å². The Morgan fingerprint density at radius 1 is 1.33 bits per heavy atom. The lowest BCUT2D eigenvalue weighted by Gasteiger charge is -2.16. The summed E-state index contributed by atoms with van der Waals surface area (Å²) in [4.78, 5) is 19.2. The Morgan fingerprint density at radius 2 is 1.73 bits per heavy atom. The van der Waals surface area contributed by atoms with Gasteiger partial charge in [-0.2, -0.15) is 0 Å². The van der Waals surface area contributed by atoms with Crippen LogP contribution in [0.1, 0.15) is 0 Å². The van der Waals surface area contributed by atoms with Gasteiger partial charge in [0.05, 0.1) is 13.2 Å². The highest BCUT2D eigenvalue weighted by Gasteiger charge is 2.22. The Bertz CT molecular complexity index is 188. The van der Waals surface area contributed by atoms with E-state index in [1.807, 2.05) is 0 Å². The monoisotopic (exact) mass is 224 g/mol. The minimum atomic E-state index is -1.64. The highest BCUT2D eigenvalue weighted by molar-refractivity contribution is 5.75. The maximum atomic E-state index is 9.76. The fourth-order valence-electron chi connectivity index (χ4n) is 0.416. The van der Waals surface area contributed by atoms with Gasteiger partial charge in [-0.1, -0.05) is 0 Å². The molecular weight excluding hydrogens is 208 g/mol. The topological polar surface area (TPSA) is 167 Å². The van der Waals surface area contributed by atoms with Gasteiger partial charge >= 0.3 is 0 Å². The average Bonchev–Trinajstić information content (AvgIpc) is 2.26. The first kappa shape index (κ1) is 16.4. The van der Waals surface area contributed by atoms with E-state index in [0.717, 1.165) is 0 Å². The zero-order chi connectivity index (χ0) is 12.4. The van der Waals surface area contributed by atoms with E-state index in [-0.39, 0.29) is 12.8 Å². The molecule has 8 N–H and O–H groups in total. The summed E-state index contributed by atoms with van der Waals surface area (Å²) in [5, 5.41) is 34.1. The van der Waals surface area contributed by atoms with Gasteiger partial charge in [-0.15, -0.1) is 0 Å². The molecule has 0 heterocycles. The van der Waals surface area contributed by atoms with Crippen LogP contribution in [0, 0.1) is 0 Å². The van der Waals surface area contributed by atoms with Crippen molar-refractivity contribution >= 4 is 12.2 Å². The molecule has 0 radical (unpaired) electrons. The highest BCUT2D eigenvalue weighted by Crippen LogP contribution is 1.96. The van der Waals surface area contributed by atoms with Crippen LogP contribution in [0.3, 0.4) is 0 Å². The summed E-state index contributed by atoms with van der Waals surface area (Å²) >= 11 is 0. The van der Waals surface area contributed by atoms with Crippen molar-refractivity contribution in [3.05, 3.63) is 0 Å². The van der Waals surface area contributed by atoms with Crippen LogP contribution in [0.15, 0.2) is 0 Å². The van der Waals surface area contributed by atoms with Gasteiger partial charge in [-0.25, -0.2) is 0 Å². The van der Waals surface area contributed by atoms with Crippen molar-refractivity contribution < 1.29 is 30.0 Å². The minimum absolute atomic E-state index is 0.0556. The van der Waals surface area contributed by atoms with Crippen LogP contribution in [0.2, 0.25) is 0 Å². The van der Waals surface area contributed by atoms with Crippen LogP contribution >= 0.6 is 0 Å². The summed E-state index contributed by atoms with van der Waals surface area (Å²) in [6.07, 6.45) is -4.63. The predicted octanol–water partition coefficient (Wildman–Crippen LogP) is -4.31. The lowest BCUT2D eigenvalue weighted by atomic mass is 10.1. The molecule has 15 heavy (non-hydrogen) atoms. The third kappa shape index (κ3) is 9.25. The molecule has 0 saturated carbocycles. The van der Waals surface area contributed by atoms with Crippen molar-refractivity contribution in [2.45, 2.75) is 18.3 Å². The molecule has 3 unspecified atom stereocenters. The van der Waals surface area contributed by atoms with Crippen LogP contribution in [-0.2, 0) is 9.59 Å². The highest BCUT2D eigenvalue weighted by atomic mass is 16.4. The van der Waals surface area contributed by atoms with Crippen LogP contribution in [-0.4, -0.2) is 64.1 Å². The van der Waals surface area contributed by atoms with Gasteiger partial charge in [-0.3, -0.25) is 4.79 Å². The van der Waals surface area contributed by atoms with Crippen molar-refractivity contribution in [2.75, 3.05) is 13.2 Å². The summed E-state index contributed by atoms with van der Waals surface area (Å²) in [5.41, 5.74) is 9.22. The maximum absolute atomic E-state index is 9.76. The number of amides is 1. The molecule has 0 saturated heterocycles. The molecule has 0 rings (SSSR count). The first-order chi connectivity index (χ1) is 6.90. The molecule has 8 nitrogen and oxygen atoms in total. The lowest BCUT2D eigenvalue weighted by Crippen LogP contribution is -2.40. The van der Waals surface area contributed by atoms with Gasteiger partial charge in [0, 0.05) is 0 Å². The number of aldehydes is 1. The van der Waals surface area contributed by atoms with E-state index >= 15 is 0 Å². The second-order valence-corrected chi connectivity index (χ2v) is 2.54. The first-order valence-corrected chi connectivity index (χ1v) is 3.99. The zero-order valence-electron chi connectivity index (χ0n) is 7.98. The fraction of sp³-hybridized carbons (Fsp3) is 0.714. The molecule has 3 atom stereocenters. The SMILES string of the molecule is NCC(N)=O.O=CC(O)C(O)C(O)CO. The third-order valence-corrected chi connectivity index (χ3v) is 1.27. The standard InChI is InChI=1S/C5H10O5.C2H6N2O/c6-1-3(8)5(10)4(9)2-7;3-1-2(4)5/h1,3-5,7-10H,2H2;1,3H2,(H2,4,5). The number of hydrogen-bond acceptors (Lipinski definition) is 7. The number of nitrogens with two attached hydrogens (primary N) is 2. The van der Waals surface area contributed by atoms with Gasteiger partial charge in [-0.05, 0) is 0 Å². The van der Waals surface area contributed by atoms with Gasteiger partial charge < -0.3 is 36.7 Å². The fourth-order valence-corrected chi connectivity index (χ4v) is 0.416. The van der Waals surface area contributed by atoms with Crippen LogP contribution in [0.4, 0.5) is 0 Å². The van der Waals surface area contributed by atoms with Crippen LogP contribution in [0.25, 0.3) is 0 Å². The molecule has 0 aliphatic rings. The predicted molar refractivity (Wildman–Crippen MR) is 49.4 cm³/mol. The van der Waals surface area contributed by atoms with Gasteiger partial charge in [0.15, 0.2) is 6.29 Å². The molecule has 0 aliphatic carbocycles. The van der Waals surface area contributed by atoms with E-state index in [4.69, 9.17) is 26.2 Å². The number of aliphatic hydroxyl groups excluding tert-OH is 4. The Morgan fingerprint density at radius 3 is 1.93 bits per heavy atom. The number of carbonyl (C=O) groups excluding carboxylic acids is 2. The number of rotatable bonds is 5. The van der Waals surface area contributed by atoms with Crippen molar-refractivity contribution in [2.24, 2.45) is 11.5 Å². The Labute approximate surface area is 86.1 Å². The maximum Gasteiger partial charge on any atom is 0.231 e. The summed E-state index contributed by atoms with van der Waals surface area (Å²) in [7, 11) is 0. The minimum Gasteiger partial charge on any atom is -0.394 e. The van der Waals surface area contributed by atoms with Crippen molar-refractivity contribution in [3.8, 4) is 0 Å². The van der Waals surface area contributed by atoms with Gasteiger partial charge in [0.2, 0.25) is 5.91 Å². The quantitative estimate of drug-likeness (QED) is 0.257. The molecule has 90 valence electrons. The zero-order valence-corrected chi connectivity index (χ0v) is 7.98. The largest absolute Gasteiger partial charge is 0.394 e. The van der Waals surface area contributed by atoms with Crippen molar-refractivity contribution in [1.29, 1.82) is 0 Å². The van der Waals surface area contributed by atoms with E-state index < -0.39 is 30.8 Å². The number of hydrogen-bond donors (Lipinski definition) is 6. The Kier molecular flexibility index (Phi) is 10.4. The third-order valence-electron chi connectivity index (χ3n) is 1.27. The molecule has 0 aliphatic heterocycles. The van der Waals surface area contributed by atoms with E-state index in [2.05, 4.69) is 5.73 Å². The molecule has 0 aromatic carbocycles. The summed E-state index contributed by atoms with van der Waals surface area (Å²) < 4.78 is 0. The van der Waals surface area contributed by atoms with Gasteiger partial charge in [0.25, 0.3) is 0 Å². The molecular formula is C7H16N2O6. The average molecular weight is 224 g/mol. The van der Waals surface area contributed by atoms with Crippen molar-refractivity contribution in [3.63, 3.8) is 0 Å². The van der Waals surface area contributed by atoms with Crippen LogP contribution in [0.5, 0.6) is 0 Å². The summed E-state index contributed by atoms with van der Waals surface area (Å²) in [6, 6.07) is 0. The number of primary amides is 1. The first-order valence-electron chi connectivity index (χ1n) is 3.99. The van der Waals surface area contributed by atoms with Gasteiger partial charge in [0.1, 0.15) is 18.3 Å². The number of carbonyl (C=O) groups is 2. The molecule has 0 spiro atoms. The Balaban J connectivity index is 0. The van der Waals surface area contributed by atoms with Crippen molar-refractivity contribution in [1.82, 2.24) is 0 Å². The lowest BCUT2D eigenvalue weighted by molar-refractivity contribution is -0.127.